The van der Waals surface area contributed by atoms with Crippen molar-refractivity contribution in [1.82, 2.24) is 19.7 Å². The number of ether oxygens (including phenoxy) is 1. The molecule has 0 aliphatic carbocycles. The van der Waals surface area contributed by atoms with Crippen LogP contribution in [0.25, 0.3) is 10.4 Å². The van der Waals surface area contributed by atoms with E-state index in [2.05, 4.69) is 21.0 Å². The van der Waals surface area contributed by atoms with Crippen molar-refractivity contribution in [3.05, 3.63) is 89.7 Å². The van der Waals surface area contributed by atoms with Gasteiger partial charge in [-0.15, -0.1) is 22.9 Å². The molecule has 35 heavy (non-hydrogen) atoms. The van der Waals surface area contributed by atoms with Gasteiger partial charge in [0.2, 0.25) is 10.0 Å². The second-order valence-corrected chi connectivity index (χ2v) is 10.7. The molecule has 2 heterocycles. The molecule has 0 bridgehead atoms. The summed E-state index contributed by atoms with van der Waals surface area (Å²) >= 11 is 1.18. The summed E-state index contributed by atoms with van der Waals surface area (Å²) in [6, 6.07) is 19.4. The molecule has 4 rings (SSSR count). The summed E-state index contributed by atoms with van der Waals surface area (Å²) in [7, 11) is -2.45. The number of sulfonamides is 1. The van der Waals surface area contributed by atoms with E-state index in [9.17, 15) is 13.2 Å². The van der Waals surface area contributed by atoms with E-state index in [1.165, 1.54) is 29.3 Å². The predicted molar refractivity (Wildman–Crippen MR) is 133 cm³/mol. The van der Waals surface area contributed by atoms with Crippen LogP contribution < -0.4 is 4.72 Å². The molecule has 8 nitrogen and oxygen atoms in total. The molecule has 0 amide bonds. The summed E-state index contributed by atoms with van der Waals surface area (Å²) in [6.07, 6.45) is 7.23. The molecule has 0 fully saturated rings. The second kappa shape index (κ2) is 10.7. The largest absolute Gasteiger partial charge is 0.467 e. The third kappa shape index (κ3) is 5.84. The Morgan fingerprint density at radius 1 is 1.14 bits per heavy atom. The van der Waals surface area contributed by atoms with Crippen LogP contribution in [0.1, 0.15) is 22.9 Å². The topological polar surface area (TPSA) is 103 Å². The molecule has 4 aromatic rings. The molecule has 2 aromatic heterocycles. The van der Waals surface area contributed by atoms with Crippen LogP contribution in [0.2, 0.25) is 0 Å². The van der Waals surface area contributed by atoms with Gasteiger partial charge in [-0.3, -0.25) is 0 Å². The molecular formula is C25H22N4O4S2. The van der Waals surface area contributed by atoms with Crippen molar-refractivity contribution in [1.29, 1.82) is 0 Å². The molecule has 0 radical (unpaired) electrons. The Hall–Kier alpha value is -3.78. The van der Waals surface area contributed by atoms with E-state index in [1.54, 1.807) is 24.3 Å². The van der Waals surface area contributed by atoms with Gasteiger partial charge in [0.05, 0.1) is 25.5 Å². The number of carbonyl (C=O) groups excluding carboxylic acids is 1. The van der Waals surface area contributed by atoms with E-state index in [0.717, 1.165) is 21.6 Å². The van der Waals surface area contributed by atoms with Gasteiger partial charge in [0.25, 0.3) is 0 Å². The maximum absolute atomic E-state index is 12.8. The van der Waals surface area contributed by atoms with Crippen LogP contribution in [0.4, 0.5) is 0 Å². The van der Waals surface area contributed by atoms with Crippen molar-refractivity contribution >= 4 is 27.3 Å². The average molecular weight is 507 g/mol. The van der Waals surface area contributed by atoms with Crippen LogP contribution in [-0.4, -0.2) is 36.5 Å². The highest BCUT2D eigenvalue weighted by Crippen LogP contribution is 2.30. The van der Waals surface area contributed by atoms with Crippen LogP contribution in [0.3, 0.4) is 0 Å². The lowest BCUT2D eigenvalue weighted by atomic mass is 10.0. The summed E-state index contributed by atoms with van der Waals surface area (Å²) in [4.78, 5) is 13.3. The SMILES string of the molecule is C#Cc1ccc(C[C@@H](C(=O)OC)n2cc(CNS(=O)(=O)c3ccc(-c4ccccc4)s3)nn2)cc1. The summed E-state index contributed by atoms with van der Waals surface area (Å²) in [5, 5.41) is 8.06. The summed E-state index contributed by atoms with van der Waals surface area (Å²) in [5.41, 5.74) is 2.92. The molecule has 178 valence electrons. The van der Waals surface area contributed by atoms with E-state index in [4.69, 9.17) is 11.2 Å². The van der Waals surface area contributed by atoms with Crippen molar-refractivity contribution in [3.8, 4) is 22.8 Å². The number of methoxy groups -OCH3 is 1. The molecule has 0 spiro atoms. The lowest BCUT2D eigenvalue weighted by Crippen LogP contribution is -2.24. The Kier molecular flexibility index (Phi) is 7.41. The first-order chi connectivity index (χ1) is 16.9. The summed E-state index contributed by atoms with van der Waals surface area (Å²) in [6.45, 7) is -0.0777. The molecule has 0 aliphatic heterocycles. The Morgan fingerprint density at radius 2 is 1.89 bits per heavy atom. The van der Waals surface area contributed by atoms with E-state index in [0.29, 0.717) is 12.1 Å². The number of nitrogens with one attached hydrogen (secondary N) is 1. The van der Waals surface area contributed by atoms with Gasteiger partial charge in [-0.25, -0.2) is 22.6 Å². The highest BCUT2D eigenvalue weighted by atomic mass is 32.2. The van der Waals surface area contributed by atoms with Gasteiger partial charge in [0.15, 0.2) is 6.04 Å². The molecule has 0 aliphatic rings. The highest BCUT2D eigenvalue weighted by molar-refractivity contribution is 7.91. The Labute approximate surface area is 207 Å². The summed E-state index contributed by atoms with van der Waals surface area (Å²) < 4.78 is 34.6. The number of rotatable bonds is 9. The zero-order valence-corrected chi connectivity index (χ0v) is 20.4. The lowest BCUT2D eigenvalue weighted by Gasteiger charge is -2.14. The minimum absolute atomic E-state index is 0.0777. The molecule has 0 saturated carbocycles. The van der Waals surface area contributed by atoms with Crippen molar-refractivity contribution in [2.24, 2.45) is 0 Å². The van der Waals surface area contributed by atoms with Gasteiger partial charge in [-0.1, -0.05) is 53.6 Å². The number of benzene rings is 2. The van der Waals surface area contributed by atoms with Crippen LogP contribution in [0.15, 0.2) is 77.1 Å². The molecule has 1 atom stereocenters. The molecular weight excluding hydrogens is 484 g/mol. The third-order valence-corrected chi connectivity index (χ3v) is 8.28. The van der Waals surface area contributed by atoms with Gasteiger partial charge in [0, 0.05) is 16.9 Å². The second-order valence-electron chi connectivity index (χ2n) is 7.58. The van der Waals surface area contributed by atoms with E-state index in [1.807, 2.05) is 42.5 Å². The minimum atomic E-state index is -3.75. The zero-order valence-electron chi connectivity index (χ0n) is 18.8. The summed E-state index contributed by atoms with van der Waals surface area (Å²) in [5.74, 6) is 2.06. The number of hydrogen-bond acceptors (Lipinski definition) is 7. The first kappa shape index (κ1) is 24.3. The first-order valence-electron chi connectivity index (χ1n) is 10.6. The fraction of sp³-hybridized carbons (Fsp3) is 0.160. The van der Waals surface area contributed by atoms with E-state index < -0.39 is 22.0 Å². The van der Waals surface area contributed by atoms with E-state index >= 15 is 0 Å². The lowest BCUT2D eigenvalue weighted by molar-refractivity contribution is -0.144. The molecule has 0 saturated heterocycles. The average Bonchev–Trinajstić information content (AvgIpc) is 3.57. The van der Waals surface area contributed by atoms with Crippen molar-refractivity contribution < 1.29 is 17.9 Å². The number of nitrogens with zero attached hydrogens (tertiary/aromatic N) is 3. The Balaban J connectivity index is 1.45. The monoisotopic (exact) mass is 506 g/mol. The highest BCUT2D eigenvalue weighted by Gasteiger charge is 2.24. The maximum atomic E-state index is 12.8. The van der Waals surface area contributed by atoms with Crippen LogP contribution in [0.5, 0.6) is 0 Å². The van der Waals surface area contributed by atoms with Gasteiger partial charge < -0.3 is 4.74 Å². The quantitative estimate of drug-likeness (QED) is 0.276. The predicted octanol–water partition coefficient (Wildman–Crippen LogP) is 3.42. The van der Waals surface area contributed by atoms with Crippen molar-refractivity contribution in [2.45, 2.75) is 23.2 Å². The van der Waals surface area contributed by atoms with Gasteiger partial charge in [-0.05, 0) is 35.4 Å². The molecule has 0 unspecified atom stereocenters. The fourth-order valence-corrected chi connectivity index (χ4v) is 5.75. The van der Waals surface area contributed by atoms with Gasteiger partial charge >= 0.3 is 5.97 Å². The number of terminal acetylenes is 1. The smallest absolute Gasteiger partial charge is 0.331 e. The normalized spacial score (nSPS) is 12.1. The van der Waals surface area contributed by atoms with Crippen LogP contribution in [0, 0.1) is 12.3 Å². The van der Waals surface area contributed by atoms with Gasteiger partial charge in [-0.2, -0.15) is 0 Å². The van der Waals surface area contributed by atoms with Crippen molar-refractivity contribution in [3.63, 3.8) is 0 Å². The Bertz CT molecular complexity index is 1450. The standard InChI is InChI=1S/C25H22N4O4S2/c1-3-18-9-11-19(12-10-18)15-22(25(30)33-2)29-17-21(27-28-29)16-26-35(31,32)24-14-13-23(34-24)20-7-5-4-6-8-20/h1,4-14,17,22,26H,15-16H2,2H3/t22-/m0/s1. The first-order valence-corrected chi connectivity index (χ1v) is 12.9. The number of esters is 1. The molecule has 2 aromatic carbocycles. The van der Waals surface area contributed by atoms with E-state index in [-0.39, 0.29) is 10.8 Å². The zero-order chi connectivity index (χ0) is 24.8. The molecule has 10 heteroatoms. The maximum Gasteiger partial charge on any atom is 0.331 e. The number of aromatic nitrogens is 3. The molecule has 1 N–H and O–H groups in total. The minimum Gasteiger partial charge on any atom is -0.467 e. The van der Waals surface area contributed by atoms with Crippen LogP contribution in [-0.2, 0) is 32.5 Å². The van der Waals surface area contributed by atoms with Crippen molar-refractivity contribution in [2.75, 3.05) is 7.11 Å². The fourth-order valence-electron chi connectivity index (χ4n) is 3.39. The number of hydrogen-bond donors (Lipinski definition) is 1. The Morgan fingerprint density at radius 3 is 2.57 bits per heavy atom. The van der Waals surface area contributed by atoms with Crippen LogP contribution >= 0.6 is 11.3 Å². The number of thiophene rings is 1. The number of carbonyl (C=O) groups is 1. The third-order valence-electron chi connectivity index (χ3n) is 5.25. The van der Waals surface area contributed by atoms with Gasteiger partial charge in [0.1, 0.15) is 4.21 Å².